The van der Waals surface area contributed by atoms with Crippen LogP contribution >= 0.6 is 11.3 Å². The number of likely N-dealkylation sites (N-methyl/N-ethyl adjacent to an activating group) is 1. The Balaban J connectivity index is 1.80. The van der Waals surface area contributed by atoms with Gasteiger partial charge in [-0.2, -0.15) is 0 Å². The summed E-state index contributed by atoms with van der Waals surface area (Å²) in [6.07, 6.45) is 1.08. The van der Waals surface area contributed by atoms with Crippen LogP contribution in [0.15, 0.2) is 35.7 Å². The number of anilines is 1. The molecule has 0 fully saturated rings. The summed E-state index contributed by atoms with van der Waals surface area (Å²) in [6, 6.07) is 10.6. The first-order valence-corrected chi connectivity index (χ1v) is 7.00. The summed E-state index contributed by atoms with van der Waals surface area (Å²) in [7, 11) is 4.04. The van der Waals surface area contributed by atoms with Gasteiger partial charge in [0.15, 0.2) is 5.13 Å². The lowest BCUT2D eigenvalue weighted by Crippen LogP contribution is -2.20. The Morgan fingerprint density at radius 1 is 1.28 bits per heavy atom. The zero-order valence-electron chi connectivity index (χ0n) is 10.9. The maximum atomic E-state index is 4.49. The molecular formula is C14H19N3S. The highest BCUT2D eigenvalue weighted by atomic mass is 32.1. The molecule has 1 heterocycles. The monoisotopic (exact) mass is 261 g/mol. The molecular weight excluding hydrogens is 242 g/mol. The maximum Gasteiger partial charge on any atom is 0.182 e. The number of benzene rings is 1. The standard InChI is InChI=1S/C14H19N3S/c1-15-14-16-13(11-18-14)10-17(2)9-8-12-6-4-3-5-7-12/h3-7,11H,8-10H2,1-2H3,(H,15,16). The van der Waals surface area contributed by atoms with Crippen LogP contribution in [0, 0.1) is 0 Å². The van der Waals surface area contributed by atoms with Crippen molar-refractivity contribution in [3.63, 3.8) is 0 Å². The predicted octanol–water partition coefficient (Wildman–Crippen LogP) is 2.86. The maximum absolute atomic E-state index is 4.49. The molecule has 0 amide bonds. The molecule has 0 aliphatic rings. The van der Waals surface area contributed by atoms with Crippen molar-refractivity contribution in [1.82, 2.24) is 9.88 Å². The molecule has 1 aromatic heterocycles. The van der Waals surface area contributed by atoms with E-state index in [9.17, 15) is 0 Å². The Kier molecular flexibility index (Phi) is 4.73. The van der Waals surface area contributed by atoms with Crippen LogP contribution in [-0.2, 0) is 13.0 Å². The SMILES string of the molecule is CNc1nc(CN(C)CCc2ccccc2)cs1. The molecule has 96 valence electrons. The molecule has 0 aliphatic heterocycles. The van der Waals surface area contributed by atoms with E-state index >= 15 is 0 Å². The van der Waals surface area contributed by atoms with Crippen LogP contribution < -0.4 is 5.32 Å². The minimum absolute atomic E-state index is 0.908. The summed E-state index contributed by atoms with van der Waals surface area (Å²) >= 11 is 1.66. The van der Waals surface area contributed by atoms with E-state index in [0.29, 0.717) is 0 Å². The molecule has 0 unspecified atom stereocenters. The fourth-order valence-corrected chi connectivity index (χ4v) is 2.48. The third-order valence-electron chi connectivity index (χ3n) is 2.82. The largest absolute Gasteiger partial charge is 0.365 e. The van der Waals surface area contributed by atoms with Gasteiger partial charge in [0.05, 0.1) is 5.69 Å². The van der Waals surface area contributed by atoms with Crippen LogP contribution in [0.3, 0.4) is 0 Å². The van der Waals surface area contributed by atoms with Crippen molar-refractivity contribution < 1.29 is 0 Å². The van der Waals surface area contributed by atoms with Crippen LogP contribution in [0.1, 0.15) is 11.3 Å². The van der Waals surface area contributed by atoms with Crippen LogP contribution in [0.5, 0.6) is 0 Å². The van der Waals surface area contributed by atoms with Gasteiger partial charge in [-0.3, -0.25) is 0 Å². The van der Waals surface area contributed by atoms with Gasteiger partial charge in [0.1, 0.15) is 0 Å². The fraction of sp³-hybridized carbons (Fsp3) is 0.357. The number of aromatic nitrogens is 1. The molecule has 1 N–H and O–H groups in total. The molecule has 2 aromatic rings. The van der Waals surface area contributed by atoms with Crippen molar-refractivity contribution in [2.45, 2.75) is 13.0 Å². The zero-order chi connectivity index (χ0) is 12.8. The van der Waals surface area contributed by atoms with E-state index in [1.807, 2.05) is 7.05 Å². The third kappa shape index (κ3) is 3.82. The van der Waals surface area contributed by atoms with Gasteiger partial charge in [0.25, 0.3) is 0 Å². The Hall–Kier alpha value is -1.39. The average molecular weight is 261 g/mol. The van der Waals surface area contributed by atoms with Gasteiger partial charge in [-0.25, -0.2) is 4.98 Å². The first kappa shape index (κ1) is 13.1. The van der Waals surface area contributed by atoms with Crippen LogP contribution in [0.25, 0.3) is 0 Å². The third-order valence-corrected chi connectivity index (χ3v) is 3.73. The molecule has 0 aliphatic carbocycles. The number of rotatable bonds is 6. The van der Waals surface area contributed by atoms with Crippen molar-refractivity contribution in [2.75, 3.05) is 26.0 Å². The highest BCUT2D eigenvalue weighted by Crippen LogP contribution is 2.15. The van der Waals surface area contributed by atoms with Crippen LogP contribution in [-0.4, -0.2) is 30.5 Å². The van der Waals surface area contributed by atoms with Crippen molar-refractivity contribution in [3.05, 3.63) is 47.0 Å². The van der Waals surface area contributed by atoms with E-state index in [4.69, 9.17) is 0 Å². The van der Waals surface area contributed by atoms with Crippen molar-refractivity contribution in [1.29, 1.82) is 0 Å². The van der Waals surface area contributed by atoms with E-state index in [1.165, 1.54) is 5.56 Å². The molecule has 0 spiro atoms. The minimum Gasteiger partial charge on any atom is -0.365 e. The Labute approximate surface area is 112 Å². The van der Waals surface area contributed by atoms with Gasteiger partial charge in [-0.1, -0.05) is 30.3 Å². The smallest absolute Gasteiger partial charge is 0.182 e. The van der Waals surface area contributed by atoms with Gasteiger partial charge in [-0.15, -0.1) is 11.3 Å². The van der Waals surface area contributed by atoms with E-state index < -0.39 is 0 Å². The van der Waals surface area contributed by atoms with Gasteiger partial charge >= 0.3 is 0 Å². The Morgan fingerprint density at radius 3 is 2.72 bits per heavy atom. The Morgan fingerprint density at radius 2 is 2.06 bits per heavy atom. The van der Waals surface area contributed by atoms with Crippen molar-refractivity contribution in [3.8, 4) is 0 Å². The van der Waals surface area contributed by atoms with Crippen molar-refractivity contribution >= 4 is 16.5 Å². The molecule has 0 atom stereocenters. The molecule has 3 nitrogen and oxygen atoms in total. The quantitative estimate of drug-likeness (QED) is 0.866. The summed E-state index contributed by atoms with van der Waals surface area (Å²) < 4.78 is 0. The van der Waals surface area contributed by atoms with Gasteiger partial charge < -0.3 is 10.2 Å². The van der Waals surface area contributed by atoms with Gasteiger partial charge in [-0.05, 0) is 19.0 Å². The number of nitrogens with zero attached hydrogens (tertiary/aromatic N) is 2. The second-order valence-corrected chi connectivity index (χ2v) is 5.23. The Bertz CT molecular complexity index is 467. The highest BCUT2D eigenvalue weighted by molar-refractivity contribution is 7.13. The predicted molar refractivity (Wildman–Crippen MR) is 78.1 cm³/mol. The van der Waals surface area contributed by atoms with E-state index in [2.05, 4.69) is 58.0 Å². The van der Waals surface area contributed by atoms with Crippen LogP contribution in [0.2, 0.25) is 0 Å². The molecule has 0 radical (unpaired) electrons. The number of hydrogen-bond donors (Lipinski definition) is 1. The molecule has 2 rings (SSSR count). The van der Waals surface area contributed by atoms with Crippen LogP contribution in [0.4, 0.5) is 5.13 Å². The second kappa shape index (κ2) is 6.52. The lowest BCUT2D eigenvalue weighted by Gasteiger charge is -2.14. The lowest BCUT2D eigenvalue weighted by molar-refractivity contribution is 0.328. The minimum atomic E-state index is 0.908. The van der Waals surface area contributed by atoms with E-state index in [1.54, 1.807) is 11.3 Å². The highest BCUT2D eigenvalue weighted by Gasteiger charge is 2.04. The number of hydrogen-bond acceptors (Lipinski definition) is 4. The van der Waals surface area contributed by atoms with Gasteiger partial charge in [0.2, 0.25) is 0 Å². The topological polar surface area (TPSA) is 28.2 Å². The fourth-order valence-electron chi connectivity index (χ4n) is 1.81. The zero-order valence-corrected chi connectivity index (χ0v) is 11.7. The first-order valence-electron chi connectivity index (χ1n) is 6.12. The summed E-state index contributed by atoms with van der Waals surface area (Å²) in [4.78, 5) is 6.80. The molecule has 18 heavy (non-hydrogen) atoms. The molecule has 0 saturated carbocycles. The number of nitrogens with one attached hydrogen (secondary N) is 1. The summed E-state index contributed by atoms with van der Waals surface area (Å²) in [6.45, 7) is 1.96. The molecule has 0 saturated heterocycles. The summed E-state index contributed by atoms with van der Waals surface area (Å²) in [5.41, 5.74) is 2.53. The lowest BCUT2D eigenvalue weighted by atomic mass is 10.1. The number of thiazole rings is 1. The molecule has 0 bridgehead atoms. The molecule has 4 heteroatoms. The first-order chi connectivity index (χ1) is 8.78. The summed E-state index contributed by atoms with van der Waals surface area (Å²) in [5.74, 6) is 0. The second-order valence-electron chi connectivity index (χ2n) is 4.37. The normalized spacial score (nSPS) is 10.8. The van der Waals surface area contributed by atoms with Gasteiger partial charge in [0, 0.05) is 25.5 Å². The summed E-state index contributed by atoms with van der Waals surface area (Å²) in [5, 5.41) is 6.17. The molecule has 1 aromatic carbocycles. The van der Waals surface area contributed by atoms with E-state index in [-0.39, 0.29) is 0 Å². The average Bonchev–Trinajstić information content (AvgIpc) is 2.85. The van der Waals surface area contributed by atoms with Crippen molar-refractivity contribution in [2.24, 2.45) is 0 Å². The van der Waals surface area contributed by atoms with E-state index in [0.717, 1.165) is 30.3 Å².